The molecule has 2 aromatic heterocycles. The van der Waals surface area contributed by atoms with Crippen molar-refractivity contribution in [2.45, 2.75) is 25.4 Å². The van der Waals surface area contributed by atoms with Crippen LogP contribution in [0, 0.1) is 11.6 Å². The van der Waals surface area contributed by atoms with Gasteiger partial charge in [-0.1, -0.05) is 0 Å². The van der Waals surface area contributed by atoms with Crippen molar-refractivity contribution in [1.29, 1.82) is 0 Å². The van der Waals surface area contributed by atoms with Crippen LogP contribution >= 0.6 is 0 Å². The van der Waals surface area contributed by atoms with Crippen molar-refractivity contribution in [2.24, 2.45) is 0 Å². The van der Waals surface area contributed by atoms with Crippen molar-refractivity contribution in [3.8, 4) is 0 Å². The Morgan fingerprint density at radius 2 is 1.79 bits per heavy atom. The van der Waals surface area contributed by atoms with Crippen molar-refractivity contribution in [1.82, 2.24) is 14.9 Å². The number of methoxy groups -OCH3 is 1. The number of nitrogens with one attached hydrogen (secondary N) is 1. The molecule has 2 N–H and O–H groups in total. The number of rotatable bonds is 6. The molecule has 3 aromatic rings. The number of amides is 1. The van der Waals surface area contributed by atoms with Gasteiger partial charge in [-0.15, -0.1) is 0 Å². The fourth-order valence-electron chi connectivity index (χ4n) is 3.40. The molecule has 1 fully saturated rings. The molecule has 1 amide bonds. The first-order valence-corrected chi connectivity index (χ1v) is 10.5. The van der Waals surface area contributed by atoms with Gasteiger partial charge in [0.25, 0.3) is 5.91 Å². The van der Waals surface area contributed by atoms with Gasteiger partial charge < -0.3 is 20.1 Å². The Kier molecular flexibility index (Phi) is 8.31. The zero-order valence-electron chi connectivity index (χ0n) is 18.2. The third-order valence-electron chi connectivity index (χ3n) is 5.15. The molecular formula is C23H26F2N4O4. The Balaban J connectivity index is 0.000000323. The molecule has 0 saturated carbocycles. The molecule has 8 nitrogen and oxygen atoms in total. The van der Waals surface area contributed by atoms with E-state index in [1.54, 1.807) is 4.52 Å². The number of nitrogens with zero attached hydrogens (tertiary/aromatic N) is 3. The molecule has 1 aliphatic heterocycles. The number of benzene rings is 1. The number of ether oxygens (including phenoxy) is 1. The van der Waals surface area contributed by atoms with Gasteiger partial charge in [0, 0.05) is 31.5 Å². The molecule has 0 spiro atoms. The summed E-state index contributed by atoms with van der Waals surface area (Å²) in [5.41, 5.74) is 2.22. The number of carbonyl (C=O) groups is 2. The summed E-state index contributed by atoms with van der Waals surface area (Å²) in [4.78, 5) is 25.8. The summed E-state index contributed by atoms with van der Waals surface area (Å²) in [5, 5.41) is 16.6. The highest BCUT2D eigenvalue weighted by Gasteiger charge is 2.18. The van der Waals surface area contributed by atoms with E-state index in [1.165, 1.54) is 26.1 Å². The molecular weight excluding hydrogens is 434 g/mol. The Morgan fingerprint density at radius 3 is 2.39 bits per heavy atom. The first-order valence-electron chi connectivity index (χ1n) is 10.5. The predicted octanol–water partition coefficient (Wildman–Crippen LogP) is 2.55. The molecule has 0 bridgehead atoms. The first kappa shape index (κ1) is 24.1. The maximum atomic E-state index is 12.4. The molecule has 1 saturated heterocycles. The summed E-state index contributed by atoms with van der Waals surface area (Å²) in [6.07, 6.45) is 4.55. The normalized spacial score (nSPS) is 13.9. The van der Waals surface area contributed by atoms with Gasteiger partial charge in [0.15, 0.2) is 0 Å². The lowest BCUT2D eigenvalue weighted by Gasteiger charge is -2.17. The summed E-state index contributed by atoms with van der Waals surface area (Å²) in [7, 11) is 1.25. The minimum absolute atomic E-state index is 0.0307. The largest absolute Gasteiger partial charge is 0.469 e. The fourth-order valence-corrected chi connectivity index (χ4v) is 3.40. The summed E-state index contributed by atoms with van der Waals surface area (Å²) >= 11 is 0. The highest BCUT2D eigenvalue weighted by molar-refractivity contribution is 6.01. The maximum Gasteiger partial charge on any atom is 0.308 e. The van der Waals surface area contributed by atoms with Crippen LogP contribution in [0.1, 0.15) is 29.6 Å². The van der Waals surface area contributed by atoms with E-state index in [0.29, 0.717) is 11.1 Å². The molecule has 0 radical (unpaired) electrons. The van der Waals surface area contributed by atoms with Gasteiger partial charge in [-0.2, -0.15) is 5.10 Å². The average Bonchev–Trinajstić information content (AvgIpc) is 3.49. The standard InChI is InChI=1S/C17H22N4O4.C6H4F2/c1-25-16(23)9-13(22)10-18-17(24)14-11-19-21-7-4-12(8-15(14)21)20-5-2-3-6-20;7-5-1-2-6(8)4-3-5/h4,7-8,11,13,22H,2-3,5-6,9-10H2,1H3,(H,18,24);1-4H. The smallest absolute Gasteiger partial charge is 0.308 e. The molecule has 1 unspecified atom stereocenters. The second kappa shape index (κ2) is 11.4. The van der Waals surface area contributed by atoms with Gasteiger partial charge in [-0.05, 0) is 49.2 Å². The van der Waals surface area contributed by atoms with E-state index in [-0.39, 0.29) is 18.9 Å². The number of anilines is 1. The van der Waals surface area contributed by atoms with Crippen LogP contribution in [0.4, 0.5) is 14.5 Å². The van der Waals surface area contributed by atoms with Crippen molar-refractivity contribution < 1.29 is 28.2 Å². The van der Waals surface area contributed by atoms with Crippen LogP contribution in [0.25, 0.3) is 5.52 Å². The lowest BCUT2D eigenvalue weighted by Crippen LogP contribution is -2.33. The zero-order valence-corrected chi connectivity index (χ0v) is 18.2. The summed E-state index contributed by atoms with van der Waals surface area (Å²) in [5.74, 6) is -1.68. The number of hydrogen-bond acceptors (Lipinski definition) is 6. The molecule has 3 heterocycles. The maximum absolute atomic E-state index is 12.4. The van der Waals surface area contributed by atoms with Crippen LogP contribution in [-0.2, 0) is 9.53 Å². The van der Waals surface area contributed by atoms with Gasteiger partial charge >= 0.3 is 5.97 Å². The van der Waals surface area contributed by atoms with Gasteiger partial charge in [-0.25, -0.2) is 13.3 Å². The first-order chi connectivity index (χ1) is 15.9. The Bertz CT molecular complexity index is 1060. The van der Waals surface area contributed by atoms with E-state index < -0.39 is 23.7 Å². The average molecular weight is 460 g/mol. The van der Waals surface area contributed by atoms with E-state index in [1.807, 2.05) is 18.3 Å². The number of esters is 1. The van der Waals surface area contributed by atoms with Crippen molar-refractivity contribution >= 4 is 23.1 Å². The van der Waals surface area contributed by atoms with E-state index in [4.69, 9.17) is 0 Å². The van der Waals surface area contributed by atoms with Crippen molar-refractivity contribution in [3.05, 3.63) is 66.0 Å². The quantitative estimate of drug-likeness (QED) is 0.549. The van der Waals surface area contributed by atoms with Gasteiger partial charge in [-0.3, -0.25) is 9.59 Å². The second-order valence-corrected chi connectivity index (χ2v) is 7.55. The second-order valence-electron chi connectivity index (χ2n) is 7.55. The molecule has 4 rings (SSSR count). The topological polar surface area (TPSA) is 96.2 Å². The van der Waals surface area contributed by atoms with E-state index in [2.05, 4.69) is 20.1 Å². The number of carbonyl (C=O) groups excluding carboxylic acids is 2. The van der Waals surface area contributed by atoms with Crippen molar-refractivity contribution in [3.63, 3.8) is 0 Å². The Morgan fingerprint density at radius 1 is 1.15 bits per heavy atom. The monoisotopic (exact) mass is 460 g/mol. The molecule has 1 aromatic carbocycles. The summed E-state index contributed by atoms with van der Waals surface area (Å²) < 4.78 is 30.0. The van der Waals surface area contributed by atoms with Crippen LogP contribution in [0.3, 0.4) is 0 Å². The van der Waals surface area contributed by atoms with Gasteiger partial charge in [0.05, 0.1) is 36.9 Å². The SMILES string of the molecule is COC(=O)CC(O)CNC(=O)c1cnn2ccc(N3CCCC3)cc12.Fc1ccc(F)cc1. The van der Waals surface area contributed by atoms with E-state index >= 15 is 0 Å². The number of pyridine rings is 1. The molecule has 0 aliphatic carbocycles. The van der Waals surface area contributed by atoms with Crippen LogP contribution in [0.15, 0.2) is 48.8 Å². The Hall–Kier alpha value is -3.53. The highest BCUT2D eigenvalue weighted by Crippen LogP contribution is 2.23. The van der Waals surface area contributed by atoms with E-state index in [9.17, 15) is 23.5 Å². The predicted molar refractivity (Wildman–Crippen MR) is 118 cm³/mol. The number of hydrogen-bond donors (Lipinski definition) is 2. The molecule has 176 valence electrons. The van der Waals surface area contributed by atoms with Crippen LogP contribution < -0.4 is 10.2 Å². The van der Waals surface area contributed by atoms with Gasteiger partial charge in [0.1, 0.15) is 11.6 Å². The number of fused-ring (bicyclic) bond motifs is 1. The molecule has 33 heavy (non-hydrogen) atoms. The summed E-state index contributed by atoms with van der Waals surface area (Å²) in [6.45, 7) is 2.01. The summed E-state index contributed by atoms with van der Waals surface area (Å²) in [6, 6.07) is 8.26. The van der Waals surface area contributed by atoms with Crippen LogP contribution in [0.2, 0.25) is 0 Å². The number of aromatic nitrogens is 2. The lowest BCUT2D eigenvalue weighted by atomic mass is 10.2. The molecule has 1 atom stereocenters. The third-order valence-corrected chi connectivity index (χ3v) is 5.15. The lowest BCUT2D eigenvalue weighted by molar-refractivity contribution is -0.142. The molecule has 1 aliphatic rings. The molecule has 10 heteroatoms. The van der Waals surface area contributed by atoms with Crippen molar-refractivity contribution in [2.75, 3.05) is 31.6 Å². The third kappa shape index (κ3) is 6.72. The minimum atomic E-state index is -0.988. The number of aliphatic hydroxyl groups is 1. The minimum Gasteiger partial charge on any atom is -0.469 e. The zero-order chi connectivity index (χ0) is 23.8. The highest BCUT2D eigenvalue weighted by atomic mass is 19.1. The Labute approximate surface area is 189 Å². The number of halogens is 2. The van der Waals surface area contributed by atoms with E-state index in [0.717, 1.165) is 43.0 Å². The van der Waals surface area contributed by atoms with Crippen LogP contribution in [-0.4, -0.2) is 59.4 Å². The fraction of sp³-hybridized carbons (Fsp3) is 0.348. The number of aliphatic hydroxyl groups excluding tert-OH is 1. The van der Waals surface area contributed by atoms with Gasteiger partial charge in [0.2, 0.25) is 0 Å². The van der Waals surface area contributed by atoms with Crippen LogP contribution in [0.5, 0.6) is 0 Å².